The van der Waals surface area contributed by atoms with Crippen molar-refractivity contribution in [2.24, 2.45) is 5.41 Å². The van der Waals surface area contributed by atoms with Crippen molar-refractivity contribution in [2.45, 2.75) is 33.7 Å². The minimum atomic E-state index is -0.312. The van der Waals surface area contributed by atoms with Crippen LogP contribution in [0.15, 0.2) is 22.7 Å². The molecule has 0 saturated heterocycles. The van der Waals surface area contributed by atoms with Gasteiger partial charge in [0, 0.05) is 11.0 Å². The second kappa shape index (κ2) is 7.06. The van der Waals surface area contributed by atoms with Crippen LogP contribution in [-0.4, -0.2) is 19.6 Å². The topological polar surface area (TPSA) is 38.3 Å². The molecule has 0 aliphatic carbocycles. The molecule has 0 amide bonds. The normalized spacial score (nSPS) is 11.4. The summed E-state index contributed by atoms with van der Waals surface area (Å²) in [6.45, 7) is 8.47. The van der Waals surface area contributed by atoms with Gasteiger partial charge < -0.3 is 10.1 Å². The van der Waals surface area contributed by atoms with Gasteiger partial charge in [0.1, 0.15) is 0 Å². The van der Waals surface area contributed by atoms with Crippen LogP contribution in [0, 0.1) is 5.41 Å². The summed E-state index contributed by atoms with van der Waals surface area (Å²) in [4.78, 5) is 11.4. The highest BCUT2D eigenvalue weighted by Gasteiger charge is 2.10. The summed E-state index contributed by atoms with van der Waals surface area (Å²) in [6.07, 6.45) is 1.13. The van der Waals surface area contributed by atoms with Crippen molar-refractivity contribution in [3.8, 4) is 0 Å². The summed E-state index contributed by atoms with van der Waals surface area (Å²) in [5.41, 5.74) is 2.05. The van der Waals surface area contributed by atoms with Crippen LogP contribution in [0.3, 0.4) is 0 Å². The Morgan fingerprint density at radius 2 is 2.05 bits per heavy atom. The van der Waals surface area contributed by atoms with Gasteiger partial charge >= 0.3 is 5.97 Å². The van der Waals surface area contributed by atoms with Crippen LogP contribution >= 0.6 is 15.9 Å². The fraction of sp³-hybridized carbons (Fsp3) is 0.533. The lowest BCUT2D eigenvalue weighted by molar-refractivity contribution is 0.0600. The number of esters is 1. The highest BCUT2D eigenvalue weighted by Crippen LogP contribution is 2.20. The second-order valence-electron chi connectivity index (χ2n) is 5.79. The van der Waals surface area contributed by atoms with Crippen LogP contribution in [0.2, 0.25) is 0 Å². The van der Waals surface area contributed by atoms with Crippen molar-refractivity contribution in [3.05, 3.63) is 33.8 Å². The van der Waals surface area contributed by atoms with Gasteiger partial charge in [0.05, 0.1) is 12.7 Å². The van der Waals surface area contributed by atoms with E-state index in [9.17, 15) is 4.79 Å². The molecule has 0 spiro atoms. The quantitative estimate of drug-likeness (QED) is 0.661. The molecule has 0 heterocycles. The Balaban J connectivity index is 2.54. The average molecular weight is 328 g/mol. The molecule has 1 N–H and O–H groups in total. The summed E-state index contributed by atoms with van der Waals surface area (Å²) in [5.74, 6) is -0.312. The van der Waals surface area contributed by atoms with E-state index in [1.54, 1.807) is 12.1 Å². The molecule has 1 aromatic carbocycles. The smallest absolute Gasteiger partial charge is 0.337 e. The zero-order chi connectivity index (χ0) is 14.5. The highest BCUT2D eigenvalue weighted by molar-refractivity contribution is 9.10. The summed E-state index contributed by atoms with van der Waals surface area (Å²) in [5, 5.41) is 3.42. The molecule has 1 aromatic rings. The summed E-state index contributed by atoms with van der Waals surface area (Å²) in [6, 6.07) is 5.53. The van der Waals surface area contributed by atoms with Crippen LogP contribution in [0.4, 0.5) is 0 Å². The molecule has 0 aromatic heterocycles. The number of nitrogens with one attached hydrogen (secondary N) is 1. The van der Waals surface area contributed by atoms with E-state index >= 15 is 0 Å². The van der Waals surface area contributed by atoms with Gasteiger partial charge in [0.2, 0.25) is 0 Å². The first-order valence-corrected chi connectivity index (χ1v) is 7.20. The zero-order valence-electron chi connectivity index (χ0n) is 12.0. The molecule has 0 radical (unpaired) electrons. The molecule has 0 aliphatic rings. The van der Waals surface area contributed by atoms with E-state index in [0.717, 1.165) is 29.5 Å². The predicted octanol–water partition coefficient (Wildman–Crippen LogP) is 3.76. The van der Waals surface area contributed by atoms with Crippen molar-refractivity contribution >= 4 is 21.9 Å². The summed E-state index contributed by atoms with van der Waals surface area (Å²) < 4.78 is 5.62. The lowest BCUT2D eigenvalue weighted by Gasteiger charge is -2.18. The first-order valence-electron chi connectivity index (χ1n) is 6.41. The molecule has 0 saturated carbocycles. The minimum Gasteiger partial charge on any atom is -0.465 e. The maximum Gasteiger partial charge on any atom is 0.337 e. The molecule has 0 fully saturated rings. The molecule has 1 rings (SSSR count). The van der Waals surface area contributed by atoms with E-state index in [1.165, 1.54) is 7.11 Å². The molecule has 4 heteroatoms. The third-order valence-corrected chi connectivity index (χ3v) is 3.58. The van der Waals surface area contributed by atoms with Gasteiger partial charge in [-0.1, -0.05) is 42.8 Å². The molecule has 3 nitrogen and oxygen atoms in total. The highest BCUT2D eigenvalue weighted by atomic mass is 79.9. The Hall–Kier alpha value is -0.870. The Morgan fingerprint density at radius 3 is 2.58 bits per heavy atom. The van der Waals surface area contributed by atoms with E-state index in [1.807, 2.05) is 6.07 Å². The van der Waals surface area contributed by atoms with E-state index in [0.29, 0.717) is 11.0 Å². The first-order chi connectivity index (χ1) is 8.83. The molecule has 0 aliphatic heterocycles. The number of methoxy groups -OCH3 is 1. The standard InChI is InChI=1S/C15H22BrNO2/c1-15(2,3)7-8-17-10-12-6-5-11(9-13(12)16)14(18)19-4/h5-6,9,17H,7-8,10H2,1-4H3. The van der Waals surface area contributed by atoms with Crippen LogP contribution in [0.1, 0.15) is 43.1 Å². The van der Waals surface area contributed by atoms with Gasteiger partial charge in [0.25, 0.3) is 0 Å². The number of ether oxygens (including phenoxy) is 1. The third kappa shape index (κ3) is 5.74. The predicted molar refractivity (Wildman–Crippen MR) is 81.3 cm³/mol. The Morgan fingerprint density at radius 1 is 1.37 bits per heavy atom. The molecule has 0 atom stereocenters. The minimum absolute atomic E-state index is 0.312. The Bertz CT molecular complexity index is 438. The van der Waals surface area contributed by atoms with Crippen LogP contribution < -0.4 is 5.32 Å². The monoisotopic (exact) mass is 327 g/mol. The van der Waals surface area contributed by atoms with Gasteiger partial charge in [-0.15, -0.1) is 0 Å². The number of halogens is 1. The first kappa shape index (κ1) is 16.2. The van der Waals surface area contributed by atoms with E-state index in [-0.39, 0.29) is 5.97 Å². The number of carbonyl (C=O) groups excluding carboxylic acids is 1. The lowest BCUT2D eigenvalue weighted by atomic mass is 9.92. The van der Waals surface area contributed by atoms with Crippen molar-refractivity contribution in [3.63, 3.8) is 0 Å². The largest absolute Gasteiger partial charge is 0.465 e. The molecule has 106 valence electrons. The number of rotatable bonds is 5. The van der Waals surface area contributed by atoms with Crippen molar-refractivity contribution in [1.82, 2.24) is 5.32 Å². The van der Waals surface area contributed by atoms with Gasteiger partial charge in [-0.05, 0) is 36.1 Å². The Kier molecular flexibility index (Phi) is 6.01. The Labute approximate surface area is 123 Å². The number of hydrogen-bond acceptors (Lipinski definition) is 3. The summed E-state index contributed by atoms with van der Waals surface area (Å²) in [7, 11) is 1.39. The summed E-state index contributed by atoms with van der Waals surface area (Å²) >= 11 is 3.49. The fourth-order valence-electron chi connectivity index (χ4n) is 1.62. The SMILES string of the molecule is COC(=O)c1ccc(CNCCC(C)(C)C)c(Br)c1. The molecule has 19 heavy (non-hydrogen) atoms. The van der Waals surface area contributed by atoms with E-state index in [4.69, 9.17) is 4.74 Å². The van der Waals surface area contributed by atoms with E-state index in [2.05, 4.69) is 42.0 Å². The molecular formula is C15H22BrNO2. The van der Waals surface area contributed by atoms with Gasteiger partial charge in [-0.2, -0.15) is 0 Å². The maximum atomic E-state index is 11.4. The number of carbonyl (C=O) groups is 1. The fourth-order valence-corrected chi connectivity index (χ4v) is 2.14. The maximum absolute atomic E-state index is 11.4. The number of benzene rings is 1. The molecular weight excluding hydrogens is 306 g/mol. The molecule has 0 unspecified atom stereocenters. The second-order valence-corrected chi connectivity index (χ2v) is 6.64. The van der Waals surface area contributed by atoms with Crippen LogP contribution in [0.5, 0.6) is 0 Å². The van der Waals surface area contributed by atoms with Gasteiger partial charge in [-0.3, -0.25) is 0 Å². The van der Waals surface area contributed by atoms with Crippen molar-refractivity contribution in [1.29, 1.82) is 0 Å². The van der Waals surface area contributed by atoms with Crippen molar-refractivity contribution < 1.29 is 9.53 Å². The zero-order valence-corrected chi connectivity index (χ0v) is 13.6. The lowest BCUT2D eigenvalue weighted by Crippen LogP contribution is -2.20. The van der Waals surface area contributed by atoms with Gasteiger partial charge in [0.15, 0.2) is 0 Å². The average Bonchev–Trinajstić information content (AvgIpc) is 2.33. The number of hydrogen-bond donors (Lipinski definition) is 1. The molecule has 0 bridgehead atoms. The third-order valence-electron chi connectivity index (χ3n) is 2.84. The van der Waals surface area contributed by atoms with Crippen LogP contribution in [0.25, 0.3) is 0 Å². The van der Waals surface area contributed by atoms with Gasteiger partial charge in [-0.25, -0.2) is 4.79 Å². The van der Waals surface area contributed by atoms with Crippen molar-refractivity contribution in [2.75, 3.05) is 13.7 Å². The van der Waals surface area contributed by atoms with Crippen LogP contribution in [-0.2, 0) is 11.3 Å². The van der Waals surface area contributed by atoms with E-state index < -0.39 is 0 Å².